The van der Waals surface area contributed by atoms with E-state index in [1.807, 2.05) is 68.3 Å². The predicted octanol–water partition coefficient (Wildman–Crippen LogP) is 8.06. The fourth-order valence-corrected chi connectivity index (χ4v) is 7.14. The number of aliphatic carboxylic acids is 1. The van der Waals surface area contributed by atoms with Crippen LogP contribution in [0.1, 0.15) is 40.7 Å². The van der Waals surface area contributed by atoms with Crippen LogP contribution in [0.2, 0.25) is 0 Å². The van der Waals surface area contributed by atoms with E-state index < -0.39 is 18.6 Å². The number of fused-ring (bicyclic) bond motifs is 2. The molecule has 0 radical (unpaired) electrons. The summed E-state index contributed by atoms with van der Waals surface area (Å²) in [5, 5.41) is 28.6. The lowest BCUT2D eigenvalue weighted by Crippen LogP contribution is -2.35. The zero-order chi connectivity index (χ0) is 37.4. The number of alkyl halides is 2. The van der Waals surface area contributed by atoms with Crippen molar-refractivity contribution in [3.8, 4) is 51.9 Å². The van der Waals surface area contributed by atoms with E-state index in [0.29, 0.717) is 65.1 Å². The van der Waals surface area contributed by atoms with Crippen LogP contribution in [0.4, 0.5) is 8.78 Å². The number of hydrogen-bond acceptors (Lipinski definition) is 10. The third-order valence-electron chi connectivity index (χ3n) is 9.69. The van der Waals surface area contributed by atoms with Gasteiger partial charge in [-0.1, -0.05) is 24.3 Å². The molecule has 13 heteroatoms. The lowest BCUT2D eigenvalue weighted by Gasteiger charge is -2.22. The fraction of sp³-hybridized carbons (Fsp3) is 0.275. The Morgan fingerprint density at radius 2 is 1.66 bits per heavy atom. The summed E-state index contributed by atoms with van der Waals surface area (Å²) < 4.78 is 44.2. The number of aromatic nitrogens is 2. The second-order valence-electron chi connectivity index (χ2n) is 13.2. The molecule has 1 fully saturated rings. The summed E-state index contributed by atoms with van der Waals surface area (Å²) >= 11 is 0. The largest absolute Gasteiger partial charge is 0.480 e. The number of carboxylic acid groups (broad SMARTS) is 1. The number of ether oxygens (including phenoxy) is 1. The van der Waals surface area contributed by atoms with Crippen LogP contribution in [0.25, 0.3) is 56.2 Å². The number of halogens is 2. The van der Waals surface area contributed by atoms with Crippen molar-refractivity contribution < 1.29 is 32.3 Å². The topological polar surface area (TPSA) is 153 Å². The lowest BCUT2D eigenvalue weighted by atomic mass is 9.91. The Morgan fingerprint density at radius 1 is 1.00 bits per heavy atom. The normalized spacial score (nSPS) is 14.7. The third-order valence-corrected chi connectivity index (χ3v) is 9.69. The molecule has 1 N–H and O–H groups in total. The van der Waals surface area contributed by atoms with Crippen LogP contribution >= 0.6 is 0 Å². The zero-order valence-electron chi connectivity index (χ0n) is 29.2. The van der Waals surface area contributed by atoms with E-state index >= 15 is 0 Å². The van der Waals surface area contributed by atoms with Gasteiger partial charge in [-0.15, -0.1) is 0 Å². The van der Waals surface area contributed by atoms with Gasteiger partial charge in [0.05, 0.1) is 18.2 Å². The van der Waals surface area contributed by atoms with Gasteiger partial charge in [-0.25, -0.2) is 9.97 Å². The average molecular weight is 717 g/mol. The molecule has 1 saturated heterocycles. The van der Waals surface area contributed by atoms with Gasteiger partial charge in [0, 0.05) is 35.8 Å². The Labute approximate surface area is 303 Å². The van der Waals surface area contributed by atoms with E-state index in [1.54, 1.807) is 17.0 Å². The Morgan fingerprint density at radius 3 is 2.30 bits per heavy atom. The van der Waals surface area contributed by atoms with Gasteiger partial charge in [0.25, 0.3) is 0 Å². The Hall–Kier alpha value is -6.15. The molecule has 7 rings (SSSR count). The van der Waals surface area contributed by atoms with Crippen molar-refractivity contribution in [3.05, 3.63) is 88.5 Å². The minimum atomic E-state index is -3.08. The molecule has 1 aliphatic heterocycles. The zero-order valence-corrected chi connectivity index (χ0v) is 29.2. The summed E-state index contributed by atoms with van der Waals surface area (Å²) in [5.74, 6) is -0.384. The third kappa shape index (κ3) is 6.92. The van der Waals surface area contributed by atoms with Gasteiger partial charge in [-0.3, -0.25) is 14.6 Å². The maximum atomic E-state index is 13.5. The first-order valence-corrected chi connectivity index (χ1v) is 17.0. The Bertz CT molecular complexity index is 2460. The highest BCUT2D eigenvalue weighted by Crippen LogP contribution is 2.39. The molecule has 1 aliphatic rings. The number of nitriles is 2. The van der Waals surface area contributed by atoms with E-state index in [2.05, 4.69) is 12.1 Å². The van der Waals surface area contributed by atoms with Crippen LogP contribution < -0.4 is 4.74 Å². The molecule has 53 heavy (non-hydrogen) atoms. The van der Waals surface area contributed by atoms with E-state index in [0.717, 1.165) is 33.4 Å². The van der Waals surface area contributed by atoms with Crippen LogP contribution in [0, 0.1) is 36.5 Å². The van der Waals surface area contributed by atoms with Crippen molar-refractivity contribution in [1.29, 1.82) is 10.5 Å². The van der Waals surface area contributed by atoms with Crippen LogP contribution in [0.3, 0.4) is 0 Å². The molecule has 268 valence electrons. The molecule has 0 spiro atoms. The molecular formula is C40H34F2N6O5. The van der Waals surface area contributed by atoms with Crippen LogP contribution in [-0.4, -0.2) is 63.6 Å². The molecular weight excluding hydrogens is 682 g/mol. The smallest absolute Gasteiger partial charge is 0.387 e. The van der Waals surface area contributed by atoms with Crippen molar-refractivity contribution in [3.63, 3.8) is 0 Å². The number of benzene rings is 4. The molecule has 0 bridgehead atoms. The summed E-state index contributed by atoms with van der Waals surface area (Å²) in [4.78, 5) is 24.9. The lowest BCUT2D eigenvalue weighted by molar-refractivity contribution is -0.142. The molecule has 11 nitrogen and oxygen atoms in total. The molecule has 0 saturated carbocycles. The molecule has 1 atom stereocenters. The van der Waals surface area contributed by atoms with Crippen molar-refractivity contribution >= 4 is 28.2 Å². The second-order valence-corrected chi connectivity index (χ2v) is 13.2. The average Bonchev–Trinajstić information content (AvgIpc) is 3.87. The number of oxazole rings is 2. The quantitative estimate of drug-likeness (QED) is 0.130. The van der Waals surface area contributed by atoms with Gasteiger partial charge < -0.3 is 18.7 Å². The molecule has 2 aromatic heterocycles. The maximum absolute atomic E-state index is 13.5. The molecule has 3 heterocycles. The first-order chi connectivity index (χ1) is 25.5. The van der Waals surface area contributed by atoms with Crippen LogP contribution in [0.5, 0.6) is 5.75 Å². The SMILES string of the molecule is Cc1c(-c2nc3cc(CN4CCC[C@H]4C(=O)O)c(OC(F)F)cc3o2)cccc1-c1cccc(-c2nc3cc(CN(C)CC#N)cc(C#N)c3o2)c1C. The van der Waals surface area contributed by atoms with Crippen molar-refractivity contribution in [2.24, 2.45) is 0 Å². The molecule has 4 aromatic carbocycles. The summed E-state index contributed by atoms with van der Waals surface area (Å²) in [7, 11) is 1.83. The Kier molecular flexibility index (Phi) is 9.62. The Balaban J connectivity index is 1.24. The number of nitrogens with zero attached hydrogens (tertiary/aromatic N) is 6. The van der Waals surface area contributed by atoms with Crippen molar-refractivity contribution in [2.45, 2.75) is 52.4 Å². The second kappa shape index (κ2) is 14.5. The monoisotopic (exact) mass is 716 g/mol. The number of likely N-dealkylation sites (tertiary alicyclic amines) is 1. The van der Waals surface area contributed by atoms with Gasteiger partial charge in [0.2, 0.25) is 11.8 Å². The van der Waals surface area contributed by atoms with E-state index in [4.69, 9.17) is 28.8 Å². The molecule has 6 aromatic rings. The van der Waals surface area contributed by atoms with Crippen molar-refractivity contribution in [1.82, 2.24) is 19.8 Å². The van der Waals surface area contributed by atoms with Gasteiger partial charge in [0.1, 0.15) is 28.9 Å². The first-order valence-electron chi connectivity index (χ1n) is 17.0. The number of carbonyl (C=O) groups is 1. The summed E-state index contributed by atoms with van der Waals surface area (Å²) in [6.07, 6.45) is 1.17. The fourth-order valence-electron chi connectivity index (χ4n) is 7.14. The molecule has 0 aliphatic carbocycles. The van der Waals surface area contributed by atoms with E-state index in [9.17, 15) is 23.9 Å². The van der Waals surface area contributed by atoms with Crippen molar-refractivity contribution in [2.75, 3.05) is 20.1 Å². The summed E-state index contributed by atoms with van der Waals surface area (Å²) in [6, 6.07) is 21.8. The van der Waals surface area contributed by atoms with E-state index in [-0.39, 0.29) is 30.3 Å². The molecule has 0 amide bonds. The van der Waals surface area contributed by atoms with Gasteiger partial charge in [-0.2, -0.15) is 19.3 Å². The molecule has 0 unspecified atom stereocenters. The van der Waals surface area contributed by atoms with E-state index in [1.165, 1.54) is 6.07 Å². The van der Waals surface area contributed by atoms with Gasteiger partial charge in [-0.05, 0) is 98.4 Å². The van der Waals surface area contributed by atoms with Crippen LogP contribution in [-0.2, 0) is 17.9 Å². The van der Waals surface area contributed by atoms with Gasteiger partial charge in [0.15, 0.2) is 11.2 Å². The maximum Gasteiger partial charge on any atom is 0.387 e. The summed E-state index contributed by atoms with van der Waals surface area (Å²) in [6.45, 7) is 2.20. The predicted molar refractivity (Wildman–Crippen MR) is 192 cm³/mol. The minimum Gasteiger partial charge on any atom is -0.480 e. The first kappa shape index (κ1) is 35.3. The number of rotatable bonds is 11. The highest BCUT2D eigenvalue weighted by atomic mass is 19.3. The minimum absolute atomic E-state index is 0.0900. The highest BCUT2D eigenvalue weighted by Gasteiger charge is 2.31. The standard InChI is InChI=1S/C40H34F2N6O5/c1-22-27(28-8-5-10-30(23(28)2)38-46-32-16-24(20-47(3)14-12-43)15-25(19-44)36(32)53-38)7-4-9-29(22)37-45-31-17-26(21-48-13-6-11-33(48)39(49)50)34(52-40(41)42)18-35(31)51-37/h4-5,7-10,15-18,33,40H,6,11,13-14,20-21H2,1-3H3,(H,49,50)/t33-/m0/s1. The van der Waals surface area contributed by atoms with Gasteiger partial charge >= 0.3 is 12.6 Å². The highest BCUT2D eigenvalue weighted by molar-refractivity contribution is 5.86. The number of carboxylic acids is 1. The number of hydrogen-bond donors (Lipinski definition) is 1. The summed E-state index contributed by atoms with van der Waals surface area (Å²) in [5.41, 5.74) is 8.23. The van der Waals surface area contributed by atoms with Crippen LogP contribution in [0.15, 0.2) is 69.5 Å².